The summed E-state index contributed by atoms with van der Waals surface area (Å²) in [5.41, 5.74) is 0. The van der Waals surface area contributed by atoms with Gasteiger partial charge in [-0.3, -0.25) is 4.79 Å². The molecule has 114 valence electrons. The molecule has 0 fully saturated rings. The van der Waals surface area contributed by atoms with Crippen LogP contribution >= 0.6 is 0 Å². The number of aliphatic hydroxyl groups excluding tert-OH is 1. The van der Waals surface area contributed by atoms with Gasteiger partial charge in [0.2, 0.25) is 0 Å². The van der Waals surface area contributed by atoms with Crippen LogP contribution in [0.4, 0.5) is 0 Å². The highest BCUT2D eigenvalue weighted by Gasteiger charge is 2.10. The lowest BCUT2D eigenvalue weighted by atomic mass is 9.91. The predicted molar refractivity (Wildman–Crippen MR) is 79.3 cm³/mol. The van der Waals surface area contributed by atoms with Crippen molar-refractivity contribution in [1.82, 2.24) is 0 Å². The Kier molecular flexibility index (Phi) is 13.4. The minimum absolute atomic E-state index is 0.314. The summed E-state index contributed by atoms with van der Waals surface area (Å²) in [5, 5.41) is 17.4. The first-order chi connectivity index (χ1) is 9.20. The van der Waals surface area contributed by atoms with Crippen molar-refractivity contribution in [1.29, 1.82) is 0 Å². The number of carboxylic acid groups (broad SMARTS) is 1. The van der Waals surface area contributed by atoms with E-state index in [9.17, 15) is 4.79 Å². The zero-order valence-electron chi connectivity index (χ0n) is 12.6. The Balaban J connectivity index is 3.57. The first kappa shape index (κ1) is 18.4. The lowest BCUT2D eigenvalue weighted by molar-refractivity contribution is -0.137. The Hall–Kier alpha value is -0.570. The molecule has 0 aliphatic rings. The second kappa shape index (κ2) is 13.9. The van der Waals surface area contributed by atoms with Gasteiger partial charge in [-0.05, 0) is 18.8 Å². The van der Waals surface area contributed by atoms with Gasteiger partial charge in [-0.1, -0.05) is 64.7 Å². The van der Waals surface area contributed by atoms with Gasteiger partial charge >= 0.3 is 5.97 Å². The van der Waals surface area contributed by atoms with Crippen LogP contribution in [0.5, 0.6) is 0 Å². The fraction of sp³-hybridized carbons (Fsp3) is 0.938. The molecule has 0 aromatic heterocycles. The molecule has 0 saturated carbocycles. The highest BCUT2D eigenvalue weighted by Crippen LogP contribution is 2.22. The maximum absolute atomic E-state index is 10.6. The van der Waals surface area contributed by atoms with E-state index >= 15 is 0 Å². The summed E-state index contributed by atoms with van der Waals surface area (Å²) >= 11 is 0. The molecule has 0 heterocycles. The van der Waals surface area contributed by atoms with Crippen LogP contribution in [-0.4, -0.2) is 22.8 Å². The van der Waals surface area contributed by atoms with E-state index in [4.69, 9.17) is 10.2 Å². The van der Waals surface area contributed by atoms with Gasteiger partial charge in [0.15, 0.2) is 0 Å². The monoisotopic (exact) mass is 272 g/mol. The molecule has 0 aromatic rings. The van der Waals surface area contributed by atoms with Gasteiger partial charge in [-0.15, -0.1) is 0 Å². The number of unbranched alkanes of at least 4 members (excludes halogenated alkanes) is 6. The average Bonchev–Trinajstić information content (AvgIpc) is 2.39. The van der Waals surface area contributed by atoms with Crippen molar-refractivity contribution in [2.24, 2.45) is 5.92 Å². The first-order valence-electron chi connectivity index (χ1n) is 8.03. The minimum atomic E-state index is -0.662. The second-order valence-corrected chi connectivity index (χ2v) is 5.57. The molecule has 3 nitrogen and oxygen atoms in total. The molecule has 1 atom stereocenters. The highest BCUT2D eigenvalue weighted by atomic mass is 16.4. The summed E-state index contributed by atoms with van der Waals surface area (Å²) < 4.78 is 0. The summed E-state index contributed by atoms with van der Waals surface area (Å²) in [5.74, 6) is -0.0565. The van der Waals surface area contributed by atoms with E-state index in [1.165, 1.54) is 51.4 Å². The van der Waals surface area contributed by atoms with Crippen LogP contribution in [0.15, 0.2) is 0 Å². The van der Waals surface area contributed by atoms with Crippen molar-refractivity contribution in [3.63, 3.8) is 0 Å². The molecular formula is C16H32O3. The van der Waals surface area contributed by atoms with Crippen molar-refractivity contribution in [3.8, 4) is 0 Å². The zero-order chi connectivity index (χ0) is 14.3. The smallest absolute Gasteiger partial charge is 0.303 e. The largest absolute Gasteiger partial charge is 0.481 e. The zero-order valence-corrected chi connectivity index (χ0v) is 12.6. The van der Waals surface area contributed by atoms with Gasteiger partial charge in [0.1, 0.15) is 0 Å². The number of carbonyl (C=O) groups is 1. The van der Waals surface area contributed by atoms with Crippen LogP contribution in [0.3, 0.4) is 0 Å². The molecule has 0 spiro atoms. The maximum Gasteiger partial charge on any atom is 0.303 e. The summed E-state index contributed by atoms with van der Waals surface area (Å²) in [6.07, 6.45) is 13.0. The molecule has 0 aliphatic carbocycles. The van der Waals surface area contributed by atoms with E-state index < -0.39 is 5.97 Å². The third-order valence-corrected chi connectivity index (χ3v) is 3.75. The number of hydrogen-bond acceptors (Lipinski definition) is 2. The summed E-state index contributed by atoms with van der Waals surface area (Å²) in [7, 11) is 0. The Labute approximate surface area is 118 Å². The van der Waals surface area contributed by atoms with Gasteiger partial charge in [0.25, 0.3) is 0 Å². The number of hydrogen-bond donors (Lipinski definition) is 2. The topological polar surface area (TPSA) is 57.5 Å². The van der Waals surface area contributed by atoms with Crippen LogP contribution in [-0.2, 0) is 4.79 Å². The summed E-state index contributed by atoms with van der Waals surface area (Å²) in [6, 6.07) is 0. The van der Waals surface area contributed by atoms with Crippen LogP contribution < -0.4 is 0 Å². The van der Waals surface area contributed by atoms with Crippen molar-refractivity contribution in [2.45, 2.75) is 84.0 Å². The summed E-state index contributed by atoms with van der Waals surface area (Å²) in [6.45, 7) is 2.50. The Morgan fingerprint density at radius 2 is 1.47 bits per heavy atom. The minimum Gasteiger partial charge on any atom is -0.481 e. The van der Waals surface area contributed by atoms with Gasteiger partial charge in [0.05, 0.1) is 0 Å². The SMILES string of the molecule is CCCCC(CCCCCCCCO)CCC(=O)O. The maximum atomic E-state index is 10.6. The van der Waals surface area contributed by atoms with E-state index in [0.29, 0.717) is 18.9 Å². The molecule has 0 aromatic carbocycles. The molecule has 0 amide bonds. The molecule has 3 heteroatoms. The molecular weight excluding hydrogens is 240 g/mol. The molecule has 2 N–H and O–H groups in total. The lowest BCUT2D eigenvalue weighted by Crippen LogP contribution is -2.05. The Bertz CT molecular complexity index is 204. The van der Waals surface area contributed by atoms with E-state index in [0.717, 1.165) is 19.3 Å². The van der Waals surface area contributed by atoms with Crippen molar-refractivity contribution >= 4 is 5.97 Å². The molecule has 0 bridgehead atoms. The quantitative estimate of drug-likeness (QED) is 0.461. The van der Waals surface area contributed by atoms with Crippen LogP contribution in [0.1, 0.15) is 84.0 Å². The molecule has 19 heavy (non-hydrogen) atoms. The number of aliphatic carboxylic acids is 1. The number of carboxylic acids is 1. The van der Waals surface area contributed by atoms with Crippen LogP contribution in [0.2, 0.25) is 0 Å². The van der Waals surface area contributed by atoms with Crippen molar-refractivity contribution in [3.05, 3.63) is 0 Å². The van der Waals surface area contributed by atoms with Crippen molar-refractivity contribution in [2.75, 3.05) is 6.61 Å². The van der Waals surface area contributed by atoms with Gasteiger partial charge in [0, 0.05) is 13.0 Å². The first-order valence-corrected chi connectivity index (χ1v) is 8.03. The predicted octanol–water partition coefficient (Wildman–Crippen LogP) is 4.38. The molecule has 0 saturated heterocycles. The highest BCUT2D eigenvalue weighted by molar-refractivity contribution is 5.66. The lowest BCUT2D eigenvalue weighted by Gasteiger charge is -2.15. The standard InChI is InChI=1S/C16H32O3/c1-2-3-10-15(12-13-16(18)19)11-8-6-4-5-7-9-14-17/h15,17H,2-14H2,1H3,(H,18,19). The van der Waals surface area contributed by atoms with E-state index in [1.54, 1.807) is 0 Å². The Morgan fingerprint density at radius 3 is 2.05 bits per heavy atom. The van der Waals surface area contributed by atoms with E-state index in [2.05, 4.69) is 6.92 Å². The molecule has 1 unspecified atom stereocenters. The van der Waals surface area contributed by atoms with E-state index in [1.807, 2.05) is 0 Å². The fourth-order valence-electron chi connectivity index (χ4n) is 2.51. The fourth-order valence-corrected chi connectivity index (χ4v) is 2.51. The molecule has 0 radical (unpaired) electrons. The van der Waals surface area contributed by atoms with Crippen LogP contribution in [0.25, 0.3) is 0 Å². The number of rotatable bonds is 14. The van der Waals surface area contributed by atoms with Crippen molar-refractivity contribution < 1.29 is 15.0 Å². The Morgan fingerprint density at radius 1 is 0.895 bits per heavy atom. The molecule has 0 rings (SSSR count). The third-order valence-electron chi connectivity index (χ3n) is 3.75. The van der Waals surface area contributed by atoms with Gasteiger partial charge in [-0.25, -0.2) is 0 Å². The van der Waals surface area contributed by atoms with Gasteiger partial charge < -0.3 is 10.2 Å². The second-order valence-electron chi connectivity index (χ2n) is 5.57. The van der Waals surface area contributed by atoms with E-state index in [-0.39, 0.29) is 0 Å². The van der Waals surface area contributed by atoms with Crippen LogP contribution in [0, 0.1) is 5.92 Å². The third kappa shape index (κ3) is 13.7. The average molecular weight is 272 g/mol. The normalized spacial score (nSPS) is 12.5. The number of aliphatic hydroxyl groups is 1. The van der Waals surface area contributed by atoms with Gasteiger partial charge in [-0.2, -0.15) is 0 Å². The summed E-state index contributed by atoms with van der Waals surface area (Å²) in [4.78, 5) is 10.6. The molecule has 0 aliphatic heterocycles.